The van der Waals surface area contributed by atoms with Gasteiger partial charge in [0.25, 0.3) is 0 Å². The molecule has 0 bridgehead atoms. The van der Waals surface area contributed by atoms with Crippen LogP contribution in [-0.2, 0) is 15.6 Å². The molecule has 126 valence electrons. The number of aliphatic hydroxyl groups is 1. The Hall–Kier alpha value is -1.15. The van der Waals surface area contributed by atoms with Gasteiger partial charge < -0.3 is 5.11 Å². The molecule has 1 unspecified atom stereocenters. The van der Waals surface area contributed by atoms with Crippen LogP contribution < -0.4 is 0 Å². The van der Waals surface area contributed by atoms with Crippen molar-refractivity contribution in [2.45, 2.75) is 37.8 Å². The molecule has 0 radical (unpaired) electrons. The number of benzene rings is 1. The minimum Gasteiger partial charge on any atom is -0.385 e. The third-order valence-corrected chi connectivity index (χ3v) is 6.24. The van der Waals surface area contributed by atoms with Crippen LogP contribution in [0.5, 0.6) is 0 Å². The first-order valence-electron chi connectivity index (χ1n) is 7.36. The smallest absolute Gasteiger partial charge is 0.211 e. The fourth-order valence-corrected chi connectivity index (χ4v) is 5.33. The highest BCUT2D eigenvalue weighted by molar-refractivity contribution is 7.88. The third kappa shape index (κ3) is 2.87. The van der Waals surface area contributed by atoms with Crippen LogP contribution >= 0.6 is 11.6 Å². The Morgan fingerprint density at radius 2 is 2.09 bits per heavy atom. The topological polar surface area (TPSA) is 86.3 Å². The Morgan fingerprint density at radius 1 is 1.39 bits per heavy atom. The SMILES string of the molecule is CC1(C)CC(O)(c2cc(Cl)cc3cn[nH]c23)CCN1S(C)(=O)=O. The number of halogens is 1. The predicted molar refractivity (Wildman–Crippen MR) is 89.9 cm³/mol. The average molecular weight is 358 g/mol. The summed E-state index contributed by atoms with van der Waals surface area (Å²) in [5.41, 5.74) is -0.463. The van der Waals surface area contributed by atoms with E-state index in [1.54, 1.807) is 18.3 Å². The average Bonchev–Trinajstić information content (AvgIpc) is 2.82. The Morgan fingerprint density at radius 3 is 2.70 bits per heavy atom. The molecular weight excluding hydrogens is 338 g/mol. The molecule has 1 saturated heterocycles. The van der Waals surface area contributed by atoms with Gasteiger partial charge in [-0.1, -0.05) is 11.6 Å². The number of aromatic amines is 1. The van der Waals surface area contributed by atoms with E-state index in [-0.39, 0.29) is 13.0 Å². The number of aromatic nitrogens is 2. The molecule has 23 heavy (non-hydrogen) atoms. The van der Waals surface area contributed by atoms with Crippen LogP contribution in [0.4, 0.5) is 0 Å². The second kappa shape index (κ2) is 5.17. The van der Waals surface area contributed by atoms with Crippen molar-refractivity contribution in [3.8, 4) is 0 Å². The minimum atomic E-state index is -3.33. The highest BCUT2D eigenvalue weighted by Gasteiger charge is 2.47. The largest absolute Gasteiger partial charge is 0.385 e. The molecule has 1 aliphatic heterocycles. The lowest BCUT2D eigenvalue weighted by molar-refractivity contribution is -0.0527. The van der Waals surface area contributed by atoms with Crippen LogP contribution in [0.1, 0.15) is 32.3 Å². The second-order valence-corrected chi connectivity index (χ2v) is 9.24. The van der Waals surface area contributed by atoms with Gasteiger partial charge >= 0.3 is 0 Å². The van der Waals surface area contributed by atoms with Crippen molar-refractivity contribution in [2.24, 2.45) is 0 Å². The Kier molecular flexibility index (Phi) is 3.76. The first kappa shape index (κ1) is 16.7. The molecule has 0 amide bonds. The van der Waals surface area contributed by atoms with Gasteiger partial charge in [-0.05, 0) is 38.8 Å². The minimum absolute atomic E-state index is 0.254. The molecule has 0 aliphatic carbocycles. The summed E-state index contributed by atoms with van der Waals surface area (Å²) >= 11 is 6.18. The van der Waals surface area contributed by atoms with Crippen LogP contribution in [0, 0.1) is 0 Å². The van der Waals surface area contributed by atoms with Crippen molar-refractivity contribution in [1.82, 2.24) is 14.5 Å². The summed E-state index contributed by atoms with van der Waals surface area (Å²) in [4.78, 5) is 0. The van der Waals surface area contributed by atoms with Crippen LogP contribution in [-0.4, -0.2) is 46.4 Å². The molecule has 1 atom stereocenters. The van der Waals surface area contributed by atoms with E-state index in [1.807, 2.05) is 13.8 Å². The summed E-state index contributed by atoms with van der Waals surface area (Å²) < 4.78 is 25.4. The number of sulfonamides is 1. The monoisotopic (exact) mass is 357 g/mol. The summed E-state index contributed by atoms with van der Waals surface area (Å²) in [5, 5.41) is 19.5. The van der Waals surface area contributed by atoms with E-state index in [1.165, 1.54) is 10.6 Å². The zero-order chi connectivity index (χ0) is 17.0. The fourth-order valence-electron chi connectivity index (χ4n) is 3.71. The molecule has 2 aromatic rings. The molecule has 0 saturated carbocycles. The maximum atomic E-state index is 12.0. The van der Waals surface area contributed by atoms with Crippen molar-refractivity contribution in [1.29, 1.82) is 0 Å². The van der Waals surface area contributed by atoms with Crippen molar-refractivity contribution < 1.29 is 13.5 Å². The quantitative estimate of drug-likeness (QED) is 0.863. The van der Waals surface area contributed by atoms with E-state index in [9.17, 15) is 13.5 Å². The highest BCUT2D eigenvalue weighted by Crippen LogP contribution is 2.44. The standard InChI is InChI=1S/C15H20ClN3O3S/c1-14(2)9-15(20,4-5-19(14)23(3,21)22)12-7-11(16)6-10-8-17-18-13(10)12/h6-8,20H,4-5,9H2,1-3H3,(H,17,18). The lowest BCUT2D eigenvalue weighted by Crippen LogP contribution is -2.56. The lowest BCUT2D eigenvalue weighted by atomic mass is 9.76. The van der Waals surface area contributed by atoms with Gasteiger partial charge in [0, 0.05) is 28.1 Å². The molecule has 0 spiro atoms. The molecule has 1 aromatic heterocycles. The van der Waals surface area contributed by atoms with Crippen LogP contribution in [0.25, 0.3) is 10.9 Å². The number of nitrogens with zero attached hydrogens (tertiary/aromatic N) is 2. The maximum Gasteiger partial charge on any atom is 0.211 e. The fraction of sp³-hybridized carbons (Fsp3) is 0.533. The zero-order valence-corrected chi connectivity index (χ0v) is 14.9. The van der Waals surface area contributed by atoms with Gasteiger partial charge in [0.1, 0.15) is 0 Å². The van der Waals surface area contributed by atoms with Crippen LogP contribution in [0.2, 0.25) is 5.02 Å². The molecule has 1 fully saturated rings. The zero-order valence-electron chi connectivity index (χ0n) is 13.3. The summed E-state index contributed by atoms with van der Waals surface area (Å²) in [6.07, 6.45) is 3.44. The third-order valence-electron chi connectivity index (χ3n) is 4.54. The van der Waals surface area contributed by atoms with Crippen LogP contribution in [0.3, 0.4) is 0 Å². The highest BCUT2D eigenvalue weighted by atomic mass is 35.5. The van der Waals surface area contributed by atoms with Gasteiger partial charge in [0.15, 0.2) is 0 Å². The van der Waals surface area contributed by atoms with Crippen molar-refractivity contribution in [3.63, 3.8) is 0 Å². The maximum absolute atomic E-state index is 12.0. The molecule has 2 heterocycles. The molecule has 2 N–H and O–H groups in total. The summed E-state index contributed by atoms with van der Waals surface area (Å²) in [7, 11) is -3.33. The van der Waals surface area contributed by atoms with E-state index >= 15 is 0 Å². The van der Waals surface area contributed by atoms with Crippen molar-refractivity contribution in [3.05, 3.63) is 28.9 Å². The number of H-pyrrole nitrogens is 1. The molecule has 1 aromatic carbocycles. The summed E-state index contributed by atoms with van der Waals surface area (Å²) in [5.74, 6) is 0. The molecular formula is C15H20ClN3O3S. The number of rotatable bonds is 2. The number of fused-ring (bicyclic) bond motifs is 1. The van der Waals surface area contributed by atoms with Gasteiger partial charge in [-0.2, -0.15) is 9.40 Å². The summed E-state index contributed by atoms with van der Waals surface area (Å²) in [6.45, 7) is 3.91. The second-order valence-electron chi connectivity index (χ2n) is 6.89. The Bertz CT molecular complexity index is 862. The van der Waals surface area contributed by atoms with Gasteiger partial charge in [0.2, 0.25) is 10.0 Å². The predicted octanol–water partition coefficient (Wildman–Crippen LogP) is 2.24. The molecule has 3 rings (SSSR count). The van der Waals surface area contributed by atoms with Crippen molar-refractivity contribution in [2.75, 3.05) is 12.8 Å². The molecule has 6 nitrogen and oxygen atoms in total. The van der Waals surface area contributed by atoms with Gasteiger partial charge in [0.05, 0.1) is 23.6 Å². The Labute approximate surface area is 140 Å². The van der Waals surface area contributed by atoms with E-state index in [4.69, 9.17) is 11.6 Å². The number of hydrogen-bond acceptors (Lipinski definition) is 4. The van der Waals surface area contributed by atoms with Gasteiger partial charge in [-0.3, -0.25) is 5.10 Å². The molecule has 8 heteroatoms. The van der Waals surface area contributed by atoms with E-state index < -0.39 is 21.2 Å². The van der Waals surface area contributed by atoms with Crippen molar-refractivity contribution >= 4 is 32.5 Å². The number of hydrogen-bond donors (Lipinski definition) is 2. The lowest BCUT2D eigenvalue weighted by Gasteiger charge is -2.48. The molecule has 1 aliphatic rings. The van der Waals surface area contributed by atoms with Gasteiger partial charge in [-0.15, -0.1) is 0 Å². The first-order valence-corrected chi connectivity index (χ1v) is 9.59. The van der Waals surface area contributed by atoms with Crippen LogP contribution in [0.15, 0.2) is 18.3 Å². The normalized spacial score (nSPS) is 25.8. The summed E-state index contributed by atoms with van der Waals surface area (Å²) in [6, 6.07) is 3.51. The Balaban J connectivity index is 2.08. The van der Waals surface area contributed by atoms with E-state index in [0.717, 1.165) is 10.9 Å². The number of nitrogens with one attached hydrogen (secondary N) is 1. The number of piperidine rings is 1. The van der Waals surface area contributed by atoms with E-state index in [2.05, 4.69) is 10.2 Å². The first-order chi connectivity index (χ1) is 10.5. The van der Waals surface area contributed by atoms with E-state index in [0.29, 0.717) is 17.0 Å². The van der Waals surface area contributed by atoms with Gasteiger partial charge in [-0.25, -0.2) is 8.42 Å².